The standard InChI is InChI=1S/C20H19FN2O/c1-4-23(16-7-5-6-13(2)10-16)20(24)18-11-14(3)22-19-9-8-15(21)12-17(18)19/h5-12H,4H2,1-3H3. The molecule has 122 valence electrons. The van der Waals surface area contributed by atoms with Crippen LogP contribution in [0.25, 0.3) is 10.9 Å². The van der Waals surface area contributed by atoms with Crippen molar-refractivity contribution in [2.24, 2.45) is 0 Å². The fraction of sp³-hybridized carbons (Fsp3) is 0.200. The minimum absolute atomic E-state index is 0.149. The molecular weight excluding hydrogens is 303 g/mol. The number of carbonyl (C=O) groups is 1. The number of amides is 1. The number of aromatic nitrogens is 1. The lowest BCUT2D eigenvalue weighted by Crippen LogP contribution is -2.31. The highest BCUT2D eigenvalue weighted by molar-refractivity contribution is 6.13. The first-order valence-electron chi connectivity index (χ1n) is 7.95. The van der Waals surface area contributed by atoms with Gasteiger partial charge in [0.05, 0.1) is 11.1 Å². The lowest BCUT2D eigenvalue weighted by Gasteiger charge is -2.22. The monoisotopic (exact) mass is 322 g/mol. The van der Waals surface area contributed by atoms with Crippen LogP contribution in [0.5, 0.6) is 0 Å². The van der Waals surface area contributed by atoms with Crippen molar-refractivity contribution in [1.29, 1.82) is 0 Å². The van der Waals surface area contributed by atoms with Gasteiger partial charge in [-0.05, 0) is 62.7 Å². The number of nitrogens with zero attached hydrogens (tertiary/aromatic N) is 2. The molecule has 2 aromatic carbocycles. The van der Waals surface area contributed by atoms with Crippen molar-refractivity contribution in [3.63, 3.8) is 0 Å². The van der Waals surface area contributed by atoms with Gasteiger partial charge in [-0.25, -0.2) is 4.39 Å². The molecule has 24 heavy (non-hydrogen) atoms. The van der Waals surface area contributed by atoms with Gasteiger partial charge >= 0.3 is 0 Å². The Morgan fingerprint density at radius 3 is 2.62 bits per heavy atom. The SMILES string of the molecule is CCN(C(=O)c1cc(C)nc2ccc(F)cc12)c1cccc(C)c1. The Labute approximate surface area is 140 Å². The molecule has 0 aliphatic rings. The van der Waals surface area contributed by atoms with E-state index in [2.05, 4.69) is 4.98 Å². The van der Waals surface area contributed by atoms with Crippen molar-refractivity contribution < 1.29 is 9.18 Å². The normalized spacial score (nSPS) is 10.8. The first-order valence-corrected chi connectivity index (χ1v) is 7.95. The molecule has 3 nitrogen and oxygen atoms in total. The topological polar surface area (TPSA) is 33.2 Å². The van der Waals surface area contributed by atoms with Crippen molar-refractivity contribution in [2.75, 3.05) is 11.4 Å². The number of halogens is 1. The molecule has 3 aromatic rings. The predicted octanol–water partition coefficient (Wildman–Crippen LogP) is 4.66. The van der Waals surface area contributed by atoms with Crippen LogP contribution in [-0.4, -0.2) is 17.4 Å². The zero-order chi connectivity index (χ0) is 17.3. The van der Waals surface area contributed by atoms with E-state index in [1.165, 1.54) is 12.1 Å². The van der Waals surface area contributed by atoms with E-state index in [1.54, 1.807) is 17.0 Å². The molecule has 0 aliphatic heterocycles. The molecule has 0 bridgehead atoms. The summed E-state index contributed by atoms with van der Waals surface area (Å²) in [5.41, 5.74) is 3.75. The van der Waals surface area contributed by atoms with Gasteiger partial charge in [0.2, 0.25) is 0 Å². The van der Waals surface area contributed by atoms with Crippen LogP contribution in [0.15, 0.2) is 48.5 Å². The summed E-state index contributed by atoms with van der Waals surface area (Å²) < 4.78 is 13.7. The van der Waals surface area contributed by atoms with Crippen molar-refractivity contribution in [3.8, 4) is 0 Å². The summed E-state index contributed by atoms with van der Waals surface area (Å²) in [6.07, 6.45) is 0. The Balaban J connectivity index is 2.14. The number of pyridine rings is 1. The fourth-order valence-corrected chi connectivity index (χ4v) is 2.89. The molecule has 0 aliphatic carbocycles. The summed E-state index contributed by atoms with van der Waals surface area (Å²) in [6, 6.07) is 13.9. The second-order valence-corrected chi connectivity index (χ2v) is 5.86. The van der Waals surface area contributed by atoms with Gasteiger partial charge in [0.1, 0.15) is 5.82 Å². The number of fused-ring (bicyclic) bond motifs is 1. The predicted molar refractivity (Wildman–Crippen MR) is 95.0 cm³/mol. The van der Waals surface area contributed by atoms with Crippen LogP contribution in [0, 0.1) is 19.7 Å². The highest BCUT2D eigenvalue weighted by atomic mass is 19.1. The Hall–Kier alpha value is -2.75. The second kappa shape index (κ2) is 6.40. The number of hydrogen-bond acceptors (Lipinski definition) is 2. The molecule has 1 aromatic heterocycles. The Kier molecular flexibility index (Phi) is 4.30. The van der Waals surface area contributed by atoms with E-state index in [0.717, 1.165) is 16.9 Å². The van der Waals surface area contributed by atoms with Gasteiger partial charge in [-0.3, -0.25) is 9.78 Å². The van der Waals surface area contributed by atoms with E-state index in [4.69, 9.17) is 0 Å². The Morgan fingerprint density at radius 1 is 1.12 bits per heavy atom. The molecule has 4 heteroatoms. The minimum atomic E-state index is -0.374. The zero-order valence-electron chi connectivity index (χ0n) is 14.0. The second-order valence-electron chi connectivity index (χ2n) is 5.86. The summed E-state index contributed by atoms with van der Waals surface area (Å²) in [5.74, 6) is -0.523. The third kappa shape index (κ3) is 3.00. The maximum Gasteiger partial charge on any atom is 0.259 e. The van der Waals surface area contributed by atoms with E-state index < -0.39 is 0 Å². The van der Waals surface area contributed by atoms with E-state index in [0.29, 0.717) is 23.0 Å². The molecule has 0 radical (unpaired) electrons. The Bertz CT molecular complexity index is 921. The highest BCUT2D eigenvalue weighted by Crippen LogP contribution is 2.24. The molecule has 0 fully saturated rings. The smallest absolute Gasteiger partial charge is 0.259 e. The first-order chi connectivity index (χ1) is 11.5. The van der Waals surface area contributed by atoms with Crippen molar-refractivity contribution in [3.05, 3.63) is 71.2 Å². The third-order valence-corrected chi connectivity index (χ3v) is 4.00. The molecule has 0 saturated carbocycles. The highest BCUT2D eigenvalue weighted by Gasteiger charge is 2.20. The van der Waals surface area contributed by atoms with Crippen molar-refractivity contribution >= 4 is 22.5 Å². The van der Waals surface area contributed by atoms with Gasteiger partial charge in [-0.1, -0.05) is 12.1 Å². The van der Waals surface area contributed by atoms with Crippen LogP contribution in [0.2, 0.25) is 0 Å². The quantitative estimate of drug-likeness (QED) is 0.703. The number of hydrogen-bond donors (Lipinski definition) is 0. The van der Waals surface area contributed by atoms with Crippen LogP contribution in [0.3, 0.4) is 0 Å². The summed E-state index contributed by atoms with van der Waals surface area (Å²) >= 11 is 0. The van der Waals surface area contributed by atoms with E-state index >= 15 is 0 Å². The third-order valence-electron chi connectivity index (χ3n) is 4.00. The lowest BCUT2D eigenvalue weighted by atomic mass is 10.1. The Morgan fingerprint density at radius 2 is 1.92 bits per heavy atom. The lowest BCUT2D eigenvalue weighted by molar-refractivity contribution is 0.0989. The summed E-state index contributed by atoms with van der Waals surface area (Å²) in [4.78, 5) is 19.2. The average molecular weight is 322 g/mol. The van der Waals surface area contributed by atoms with Gasteiger partial charge in [-0.2, -0.15) is 0 Å². The largest absolute Gasteiger partial charge is 0.309 e. The van der Waals surface area contributed by atoms with Crippen molar-refractivity contribution in [2.45, 2.75) is 20.8 Å². The molecule has 1 amide bonds. The minimum Gasteiger partial charge on any atom is -0.309 e. The van der Waals surface area contributed by atoms with Crippen LogP contribution in [-0.2, 0) is 0 Å². The molecule has 0 N–H and O–H groups in total. The van der Waals surface area contributed by atoms with Crippen LogP contribution in [0.4, 0.5) is 10.1 Å². The van der Waals surface area contributed by atoms with E-state index in [1.807, 2.05) is 45.0 Å². The van der Waals surface area contributed by atoms with Gasteiger partial charge in [-0.15, -0.1) is 0 Å². The molecule has 0 saturated heterocycles. The summed E-state index contributed by atoms with van der Waals surface area (Å²) in [7, 11) is 0. The van der Waals surface area contributed by atoms with E-state index in [-0.39, 0.29) is 11.7 Å². The van der Waals surface area contributed by atoms with Gasteiger partial charge in [0.15, 0.2) is 0 Å². The van der Waals surface area contributed by atoms with Gasteiger partial charge < -0.3 is 4.90 Å². The summed E-state index contributed by atoms with van der Waals surface area (Å²) in [6.45, 7) is 6.28. The van der Waals surface area contributed by atoms with Crippen LogP contribution < -0.4 is 4.90 Å². The van der Waals surface area contributed by atoms with Crippen LogP contribution in [0.1, 0.15) is 28.5 Å². The summed E-state index contributed by atoms with van der Waals surface area (Å²) in [5, 5.41) is 0.539. The average Bonchev–Trinajstić information content (AvgIpc) is 2.55. The fourth-order valence-electron chi connectivity index (χ4n) is 2.89. The zero-order valence-corrected chi connectivity index (χ0v) is 14.0. The molecule has 0 atom stereocenters. The molecule has 3 rings (SSSR count). The van der Waals surface area contributed by atoms with Gasteiger partial charge in [0, 0.05) is 23.3 Å². The molecular formula is C20H19FN2O. The molecule has 1 heterocycles. The maximum absolute atomic E-state index is 13.7. The molecule has 0 unspecified atom stereocenters. The number of carbonyl (C=O) groups excluding carboxylic acids is 1. The van der Waals surface area contributed by atoms with E-state index in [9.17, 15) is 9.18 Å². The maximum atomic E-state index is 13.7. The number of anilines is 1. The van der Waals surface area contributed by atoms with Gasteiger partial charge in [0.25, 0.3) is 5.91 Å². The number of benzene rings is 2. The van der Waals surface area contributed by atoms with Crippen molar-refractivity contribution in [1.82, 2.24) is 4.98 Å². The number of rotatable bonds is 3. The van der Waals surface area contributed by atoms with Crippen LogP contribution >= 0.6 is 0 Å². The molecule has 0 spiro atoms. The first kappa shape index (κ1) is 16.1. The number of aryl methyl sites for hydroxylation is 2.